The van der Waals surface area contributed by atoms with Crippen LogP contribution in [-0.4, -0.2) is 5.78 Å². The average molecular weight is 153 g/mol. The maximum Gasteiger partial charge on any atom is 0.133 e. The van der Waals surface area contributed by atoms with Crippen molar-refractivity contribution < 1.29 is 4.79 Å². The van der Waals surface area contributed by atoms with Crippen LogP contribution in [0.15, 0.2) is 0 Å². The molecule has 1 nitrogen and oxygen atoms in total. The Balaban J connectivity index is 2.35. The van der Waals surface area contributed by atoms with Gasteiger partial charge in [-0.1, -0.05) is 19.8 Å². The van der Waals surface area contributed by atoms with E-state index in [0.717, 1.165) is 25.7 Å². The highest BCUT2D eigenvalue weighted by Crippen LogP contribution is 2.24. The highest BCUT2D eigenvalue weighted by atomic mass is 16.1. The molecule has 0 unspecified atom stereocenters. The summed E-state index contributed by atoms with van der Waals surface area (Å²) in [7, 11) is 0. The van der Waals surface area contributed by atoms with Crippen LogP contribution in [0.5, 0.6) is 0 Å². The summed E-state index contributed by atoms with van der Waals surface area (Å²) in [5.41, 5.74) is 0. The Morgan fingerprint density at radius 2 is 1.91 bits per heavy atom. The predicted octanol–water partition coefficient (Wildman–Crippen LogP) is 2.89. The van der Waals surface area contributed by atoms with Gasteiger partial charge < -0.3 is 0 Å². The van der Waals surface area contributed by atoms with Crippen LogP contribution in [0.25, 0.3) is 0 Å². The van der Waals surface area contributed by atoms with E-state index in [1.54, 1.807) is 0 Å². The van der Waals surface area contributed by atoms with Crippen molar-refractivity contribution in [2.45, 2.75) is 51.9 Å². The summed E-state index contributed by atoms with van der Waals surface area (Å²) in [6, 6.07) is 0. The first-order valence-corrected chi connectivity index (χ1v) is 4.68. The molecule has 0 aromatic rings. The molecule has 0 aromatic heterocycles. The molecule has 1 fully saturated rings. The van der Waals surface area contributed by atoms with Gasteiger partial charge >= 0.3 is 0 Å². The fraction of sp³-hybridized carbons (Fsp3) is 0.800. The molecule has 0 spiro atoms. The summed E-state index contributed by atoms with van der Waals surface area (Å²) >= 11 is 0. The van der Waals surface area contributed by atoms with Crippen molar-refractivity contribution in [1.82, 2.24) is 0 Å². The third-order valence-corrected chi connectivity index (χ3v) is 2.43. The summed E-state index contributed by atoms with van der Waals surface area (Å²) in [5.74, 6) is 1.93. The van der Waals surface area contributed by atoms with Crippen molar-refractivity contribution in [3.05, 3.63) is 5.92 Å². The lowest BCUT2D eigenvalue weighted by molar-refractivity contribution is -0.119. The van der Waals surface area contributed by atoms with E-state index in [1.165, 1.54) is 25.2 Å². The zero-order chi connectivity index (χ0) is 8.10. The van der Waals surface area contributed by atoms with Gasteiger partial charge in [-0.3, -0.25) is 4.79 Å². The fourth-order valence-electron chi connectivity index (χ4n) is 1.63. The van der Waals surface area contributed by atoms with E-state index in [4.69, 9.17) is 0 Å². The van der Waals surface area contributed by atoms with E-state index in [0.29, 0.717) is 5.78 Å². The normalized spacial score (nSPS) is 22.8. The van der Waals surface area contributed by atoms with Crippen LogP contribution >= 0.6 is 0 Å². The molecule has 1 saturated carbocycles. The number of rotatable bonds is 1. The van der Waals surface area contributed by atoms with E-state index >= 15 is 0 Å². The molecule has 0 heterocycles. The lowest BCUT2D eigenvalue weighted by atomic mass is 9.89. The minimum Gasteiger partial charge on any atom is -0.300 e. The lowest BCUT2D eigenvalue weighted by Gasteiger charge is -2.15. The van der Waals surface area contributed by atoms with Crippen LogP contribution in [0.2, 0.25) is 0 Å². The van der Waals surface area contributed by atoms with Gasteiger partial charge in [0.1, 0.15) is 5.78 Å². The van der Waals surface area contributed by atoms with Crippen LogP contribution < -0.4 is 0 Å². The molecule has 11 heavy (non-hydrogen) atoms. The predicted molar refractivity (Wildman–Crippen MR) is 46.2 cm³/mol. The van der Waals surface area contributed by atoms with E-state index in [-0.39, 0.29) is 0 Å². The molecule has 1 radical (unpaired) electrons. The smallest absolute Gasteiger partial charge is 0.133 e. The molecule has 0 N–H and O–H groups in total. The maximum atomic E-state index is 11.2. The van der Waals surface area contributed by atoms with Crippen molar-refractivity contribution in [3.8, 4) is 0 Å². The van der Waals surface area contributed by atoms with Gasteiger partial charge in [-0.25, -0.2) is 0 Å². The highest BCUT2D eigenvalue weighted by molar-refractivity contribution is 5.80. The second-order valence-electron chi connectivity index (χ2n) is 3.38. The third kappa shape index (κ3) is 3.04. The Bertz CT molecular complexity index is 129. The molecule has 0 saturated heterocycles. The molecule has 0 atom stereocenters. The van der Waals surface area contributed by atoms with Gasteiger partial charge in [-0.15, -0.1) is 0 Å². The monoisotopic (exact) mass is 153 g/mol. The van der Waals surface area contributed by atoms with Crippen molar-refractivity contribution in [1.29, 1.82) is 0 Å². The summed E-state index contributed by atoms with van der Waals surface area (Å²) in [4.78, 5) is 11.2. The van der Waals surface area contributed by atoms with Gasteiger partial charge in [-0.05, 0) is 25.2 Å². The van der Waals surface area contributed by atoms with E-state index in [1.807, 2.05) is 0 Å². The summed E-state index contributed by atoms with van der Waals surface area (Å²) in [5, 5.41) is 0. The van der Waals surface area contributed by atoms with Crippen LogP contribution in [0.1, 0.15) is 51.9 Å². The van der Waals surface area contributed by atoms with Crippen molar-refractivity contribution in [3.63, 3.8) is 0 Å². The van der Waals surface area contributed by atoms with Crippen LogP contribution in [-0.2, 0) is 4.79 Å². The zero-order valence-corrected chi connectivity index (χ0v) is 7.36. The highest BCUT2D eigenvalue weighted by Gasteiger charge is 2.14. The van der Waals surface area contributed by atoms with Crippen molar-refractivity contribution >= 4 is 5.78 Å². The first-order chi connectivity index (χ1) is 5.33. The van der Waals surface area contributed by atoms with Gasteiger partial charge in [0.2, 0.25) is 0 Å². The van der Waals surface area contributed by atoms with Gasteiger partial charge in [0.15, 0.2) is 0 Å². The third-order valence-electron chi connectivity index (χ3n) is 2.43. The first kappa shape index (κ1) is 8.76. The van der Waals surface area contributed by atoms with Crippen LogP contribution in [0.4, 0.5) is 0 Å². The Morgan fingerprint density at radius 3 is 2.64 bits per heavy atom. The molecule has 1 rings (SSSR count). The maximum absolute atomic E-state index is 11.2. The van der Waals surface area contributed by atoms with Gasteiger partial charge in [0.05, 0.1) is 0 Å². The molecule has 1 aliphatic carbocycles. The van der Waals surface area contributed by atoms with Gasteiger partial charge in [0.25, 0.3) is 0 Å². The zero-order valence-electron chi connectivity index (χ0n) is 7.36. The van der Waals surface area contributed by atoms with Crippen molar-refractivity contribution in [2.75, 3.05) is 0 Å². The number of Topliss-reactive ketones (excluding diaryl/α,β-unsaturated/α-hetero) is 1. The molecular formula is C10H17O. The minimum absolute atomic E-state index is 0.460. The fourth-order valence-corrected chi connectivity index (χ4v) is 1.63. The van der Waals surface area contributed by atoms with Gasteiger partial charge in [-0.2, -0.15) is 0 Å². The first-order valence-electron chi connectivity index (χ1n) is 4.68. The van der Waals surface area contributed by atoms with E-state index < -0.39 is 0 Å². The minimum atomic E-state index is 0.460. The van der Waals surface area contributed by atoms with E-state index in [2.05, 4.69) is 6.92 Å². The largest absolute Gasteiger partial charge is 0.300 e. The molecule has 0 bridgehead atoms. The van der Waals surface area contributed by atoms with E-state index in [9.17, 15) is 4.79 Å². The molecular weight excluding hydrogens is 136 g/mol. The topological polar surface area (TPSA) is 17.1 Å². The summed E-state index contributed by atoms with van der Waals surface area (Å²) in [6.07, 6.45) is 7.56. The molecule has 1 aliphatic rings. The van der Waals surface area contributed by atoms with Crippen LogP contribution in [0, 0.1) is 5.92 Å². The number of hydrogen-bond donors (Lipinski definition) is 0. The number of carbonyl (C=O) groups is 1. The molecule has 0 amide bonds. The Hall–Kier alpha value is -0.330. The number of hydrogen-bond acceptors (Lipinski definition) is 1. The molecule has 0 aromatic carbocycles. The molecule has 0 aliphatic heterocycles. The molecule has 63 valence electrons. The Kier molecular flexibility index (Phi) is 3.61. The quantitative estimate of drug-likeness (QED) is 0.566. The molecule has 1 heteroatoms. The average Bonchev–Trinajstić information content (AvgIpc) is 1.96. The van der Waals surface area contributed by atoms with Gasteiger partial charge in [0, 0.05) is 12.8 Å². The SMILES string of the molecule is CC[C]1CCCCCC(=O)C1. The standard InChI is InChI=1S/C10H17O/c1-2-9-6-4-3-5-7-10(11)8-9/h2-8H2,1H3. The second kappa shape index (κ2) is 4.53. The Labute approximate surface area is 69.2 Å². The lowest BCUT2D eigenvalue weighted by Crippen LogP contribution is -2.08. The number of carbonyl (C=O) groups excluding carboxylic acids is 1. The van der Waals surface area contributed by atoms with Crippen LogP contribution in [0.3, 0.4) is 0 Å². The summed E-state index contributed by atoms with van der Waals surface area (Å²) in [6.45, 7) is 2.16. The summed E-state index contributed by atoms with van der Waals surface area (Å²) < 4.78 is 0. The second-order valence-corrected chi connectivity index (χ2v) is 3.38. The Morgan fingerprint density at radius 1 is 1.18 bits per heavy atom. The number of ketones is 1. The van der Waals surface area contributed by atoms with Crippen molar-refractivity contribution in [2.24, 2.45) is 0 Å².